The molecule has 0 aliphatic carbocycles. The molecule has 2 aromatic rings. The van der Waals surface area contributed by atoms with E-state index < -0.39 is 0 Å². The van der Waals surface area contributed by atoms with Gasteiger partial charge in [-0.25, -0.2) is 0 Å². The minimum Gasteiger partial charge on any atom is -0.309 e. The van der Waals surface area contributed by atoms with Gasteiger partial charge in [0.15, 0.2) is 0 Å². The van der Waals surface area contributed by atoms with Gasteiger partial charge in [0.1, 0.15) is 0 Å². The van der Waals surface area contributed by atoms with Gasteiger partial charge in [0.2, 0.25) is 0 Å². The summed E-state index contributed by atoms with van der Waals surface area (Å²) in [7, 11) is 0. The molecule has 0 aliphatic rings. The van der Waals surface area contributed by atoms with Gasteiger partial charge in [-0.15, -0.1) is 0 Å². The Balaban J connectivity index is 1.93. The second-order valence-corrected chi connectivity index (χ2v) is 4.74. The third-order valence-electron chi connectivity index (χ3n) is 2.74. The van der Waals surface area contributed by atoms with E-state index in [0.717, 1.165) is 25.3 Å². The molecule has 0 fully saturated rings. The molecule has 0 saturated carbocycles. The van der Waals surface area contributed by atoms with Crippen LogP contribution in [0.1, 0.15) is 32.0 Å². The van der Waals surface area contributed by atoms with Gasteiger partial charge in [-0.1, -0.05) is 13.8 Å². The average molecular weight is 247 g/mol. The van der Waals surface area contributed by atoms with Gasteiger partial charge >= 0.3 is 0 Å². The van der Waals surface area contributed by atoms with Crippen LogP contribution in [-0.4, -0.2) is 25.6 Å². The monoisotopic (exact) mass is 247 g/mol. The van der Waals surface area contributed by atoms with E-state index >= 15 is 0 Å². The van der Waals surface area contributed by atoms with Crippen LogP contribution in [0.2, 0.25) is 0 Å². The van der Waals surface area contributed by atoms with E-state index in [0.29, 0.717) is 6.04 Å². The maximum atomic E-state index is 4.53. The fourth-order valence-corrected chi connectivity index (χ4v) is 1.74. The lowest BCUT2D eigenvalue weighted by Crippen LogP contribution is -2.22. The molecule has 5 heteroatoms. The highest BCUT2D eigenvalue weighted by molar-refractivity contribution is 5.06. The van der Waals surface area contributed by atoms with Crippen molar-refractivity contribution < 1.29 is 0 Å². The van der Waals surface area contributed by atoms with Gasteiger partial charge in [-0.3, -0.25) is 9.36 Å². The molecule has 0 aliphatic heterocycles. The van der Waals surface area contributed by atoms with Crippen molar-refractivity contribution in [2.75, 3.05) is 0 Å². The summed E-state index contributed by atoms with van der Waals surface area (Å²) < 4.78 is 3.88. The summed E-state index contributed by atoms with van der Waals surface area (Å²) in [6.45, 7) is 8.86. The van der Waals surface area contributed by atoms with Crippen LogP contribution < -0.4 is 5.32 Å². The van der Waals surface area contributed by atoms with Gasteiger partial charge in [0.05, 0.1) is 18.4 Å². The van der Waals surface area contributed by atoms with Crippen LogP contribution in [0.25, 0.3) is 0 Å². The van der Waals surface area contributed by atoms with Crippen LogP contribution in [-0.2, 0) is 19.6 Å². The Morgan fingerprint density at radius 2 is 2.17 bits per heavy atom. The molecule has 0 radical (unpaired) electrons. The molecule has 0 unspecified atom stereocenters. The molecule has 0 aromatic carbocycles. The molecule has 0 atom stereocenters. The van der Waals surface area contributed by atoms with E-state index in [2.05, 4.69) is 48.5 Å². The second kappa shape index (κ2) is 5.82. The standard InChI is InChI=1S/C13H21N5/c1-4-17-9-12(7-15-17)10-18-6-5-13(16-18)8-14-11(2)3/h5-7,9,11,14H,4,8,10H2,1-3H3. The summed E-state index contributed by atoms with van der Waals surface area (Å²) in [6.07, 6.45) is 5.98. The van der Waals surface area contributed by atoms with Crippen molar-refractivity contribution in [1.29, 1.82) is 0 Å². The number of aryl methyl sites for hydroxylation is 1. The van der Waals surface area contributed by atoms with E-state index in [4.69, 9.17) is 0 Å². The molecule has 0 bridgehead atoms. The zero-order chi connectivity index (χ0) is 13.0. The summed E-state index contributed by atoms with van der Waals surface area (Å²) in [5.74, 6) is 0. The lowest BCUT2D eigenvalue weighted by molar-refractivity contribution is 0.570. The van der Waals surface area contributed by atoms with Crippen molar-refractivity contribution in [3.8, 4) is 0 Å². The van der Waals surface area contributed by atoms with Crippen LogP contribution in [0.5, 0.6) is 0 Å². The molecule has 2 aromatic heterocycles. The first-order valence-corrected chi connectivity index (χ1v) is 6.44. The zero-order valence-corrected chi connectivity index (χ0v) is 11.3. The quantitative estimate of drug-likeness (QED) is 0.844. The van der Waals surface area contributed by atoms with Crippen molar-refractivity contribution in [1.82, 2.24) is 24.9 Å². The average Bonchev–Trinajstić information content (AvgIpc) is 2.96. The van der Waals surface area contributed by atoms with Crippen molar-refractivity contribution in [3.63, 3.8) is 0 Å². The number of aromatic nitrogens is 4. The Morgan fingerprint density at radius 1 is 1.33 bits per heavy atom. The number of nitrogens with zero attached hydrogens (tertiary/aromatic N) is 4. The first-order chi connectivity index (χ1) is 8.67. The number of hydrogen-bond donors (Lipinski definition) is 1. The van der Waals surface area contributed by atoms with E-state index in [9.17, 15) is 0 Å². The highest BCUT2D eigenvalue weighted by Gasteiger charge is 2.02. The summed E-state index contributed by atoms with van der Waals surface area (Å²) >= 11 is 0. The van der Waals surface area contributed by atoms with E-state index in [1.54, 1.807) is 0 Å². The van der Waals surface area contributed by atoms with Gasteiger partial charge in [0.25, 0.3) is 0 Å². The Bertz CT molecular complexity index is 483. The maximum absolute atomic E-state index is 4.53. The van der Waals surface area contributed by atoms with Gasteiger partial charge in [-0.05, 0) is 13.0 Å². The molecule has 1 N–H and O–H groups in total. The normalized spacial score (nSPS) is 11.3. The number of nitrogens with one attached hydrogen (secondary N) is 1. The summed E-state index contributed by atoms with van der Waals surface area (Å²) in [4.78, 5) is 0. The molecule has 2 rings (SSSR count). The smallest absolute Gasteiger partial charge is 0.0762 e. The van der Waals surface area contributed by atoms with E-state index in [1.165, 1.54) is 5.56 Å². The van der Waals surface area contributed by atoms with Gasteiger partial charge < -0.3 is 5.32 Å². The zero-order valence-electron chi connectivity index (χ0n) is 11.3. The lowest BCUT2D eigenvalue weighted by Gasteiger charge is -2.05. The Morgan fingerprint density at radius 3 is 2.83 bits per heavy atom. The molecule has 5 nitrogen and oxygen atoms in total. The van der Waals surface area contributed by atoms with Gasteiger partial charge in [-0.2, -0.15) is 10.2 Å². The molecule has 0 spiro atoms. The third-order valence-corrected chi connectivity index (χ3v) is 2.74. The first kappa shape index (κ1) is 12.8. The van der Waals surface area contributed by atoms with Crippen LogP contribution in [0.3, 0.4) is 0 Å². The van der Waals surface area contributed by atoms with Crippen LogP contribution in [0.4, 0.5) is 0 Å². The Labute approximate surface area is 108 Å². The fourth-order valence-electron chi connectivity index (χ4n) is 1.74. The molecule has 98 valence electrons. The molecular formula is C13H21N5. The summed E-state index contributed by atoms with van der Waals surface area (Å²) in [6, 6.07) is 2.54. The van der Waals surface area contributed by atoms with E-state index in [-0.39, 0.29) is 0 Å². The Hall–Kier alpha value is -1.62. The Kier molecular flexibility index (Phi) is 4.15. The topological polar surface area (TPSA) is 47.7 Å². The SMILES string of the molecule is CCn1cc(Cn2ccc(CNC(C)C)n2)cn1. The van der Waals surface area contributed by atoms with Gasteiger partial charge in [0, 0.05) is 37.1 Å². The van der Waals surface area contributed by atoms with Crippen molar-refractivity contribution in [3.05, 3.63) is 35.9 Å². The third kappa shape index (κ3) is 3.43. The highest BCUT2D eigenvalue weighted by Crippen LogP contribution is 2.03. The van der Waals surface area contributed by atoms with Crippen LogP contribution in [0.15, 0.2) is 24.7 Å². The predicted molar refractivity (Wildman–Crippen MR) is 71.2 cm³/mol. The second-order valence-electron chi connectivity index (χ2n) is 4.74. The molecule has 18 heavy (non-hydrogen) atoms. The minimum atomic E-state index is 0.484. The van der Waals surface area contributed by atoms with Crippen molar-refractivity contribution in [2.24, 2.45) is 0 Å². The van der Waals surface area contributed by atoms with Crippen molar-refractivity contribution >= 4 is 0 Å². The van der Waals surface area contributed by atoms with E-state index in [1.807, 2.05) is 21.8 Å². The largest absolute Gasteiger partial charge is 0.309 e. The number of hydrogen-bond acceptors (Lipinski definition) is 3. The van der Waals surface area contributed by atoms with Crippen molar-refractivity contribution in [2.45, 2.75) is 46.4 Å². The molecule has 0 amide bonds. The predicted octanol–water partition coefficient (Wildman–Crippen LogP) is 1.65. The summed E-state index contributed by atoms with van der Waals surface area (Å²) in [5, 5.41) is 12.2. The highest BCUT2D eigenvalue weighted by atomic mass is 15.3. The maximum Gasteiger partial charge on any atom is 0.0762 e. The fraction of sp³-hybridized carbons (Fsp3) is 0.538. The first-order valence-electron chi connectivity index (χ1n) is 6.44. The van der Waals surface area contributed by atoms with Crippen LogP contribution >= 0.6 is 0 Å². The number of rotatable bonds is 6. The molecule has 0 saturated heterocycles. The van der Waals surface area contributed by atoms with Crippen LogP contribution in [0, 0.1) is 0 Å². The lowest BCUT2D eigenvalue weighted by atomic mass is 10.3. The molecule has 2 heterocycles. The summed E-state index contributed by atoms with van der Waals surface area (Å²) in [5.41, 5.74) is 2.26. The molecular weight excluding hydrogens is 226 g/mol. The minimum absolute atomic E-state index is 0.484.